The highest BCUT2D eigenvalue weighted by atomic mass is 35.5. The molecule has 0 radical (unpaired) electrons. The van der Waals surface area contributed by atoms with Crippen LogP contribution in [0.4, 0.5) is 0 Å². The van der Waals surface area contributed by atoms with Crippen LogP contribution in [-0.4, -0.2) is 41.9 Å². The predicted octanol–water partition coefficient (Wildman–Crippen LogP) is 2.78. The molecule has 1 heterocycles. The van der Waals surface area contributed by atoms with Crippen molar-refractivity contribution in [3.63, 3.8) is 0 Å². The SMILES string of the molecule is COC(=O)CSc1nc(Cl)ncc1-c1ccc(CC(=O)OC)cc1. The summed E-state index contributed by atoms with van der Waals surface area (Å²) in [4.78, 5) is 30.8. The van der Waals surface area contributed by atoms with E-state index in [9.17, 15) is 9.59 Å². The van der Waals surface area contributed by atoms with Crippen LogP contribution in [-0.2, 0) is 25.5 Å². The Kier molecular flexibility index (Phi) is 6.57. The van der Waals surface area contributed by atoms with Gasteiger partial charge >= 0.3 is 11.9 Å². The molecule has 0 N–H and O–H groups in total. The van der Waals surface area contributed by atoms with Crippen molar-refractivity contribution in [1.82, 2.24) is 9.97 Å². The molecule has 0 spiro atoms. The molecule has 0 saturated heterocycles. The molecule has 0 aliphatic heterocycles. The number of carbonyl (C=O) groups is 2. The smallest absolute Gasteiger partial charge is 0.316 e. The molecule has 0 aliphatic carbocycles. The van der Waals surface area contributed by atoms with Crippen LogP contribution >= 0.6 is 23.4 Å². The number of benzene rings is 1. The highest BCUT2D eigenvalue weighted by Crippen LogP contribution is 2.30. The number of carbonyl (C=O) groups excluding carboxylic acids is 2. The highest BCUT2D eigenvalue weighted by Gasteiger charge is 2.12. The van der Waals surface area contributed by atoms with E-state index in [0.717, 1.165) is 16.7 Å². The molecule has 1 aromatic heterocycles. The van der Waals surface area contributed by atoms with E-state index in [1.807, 2.05) is 24.3 Å². The normalized spacial score (nSPS) is 10.3. The lowest BCUT2D eigenvalue weighted by Gasteiger charge is -2.09. The van der Waals surface area contributed by atoms with Gasteiger partial charge in [-0.25, -0.2) is 9.97 Å². The maximum atomic E-state index is 11.3. The van der Waals surface area contributed by atoms with E-state index in [1.54, 1.807) is 6.20 Å². The molecule has 2 rings (SSSR count). The Morgan fingerprint density at radius 3 is 2.42 bits per heavy atom. The molecule has 0 amide bonds. The van der Waals surface area contributed by atoms with Gasteiger partial charge in [-0.1, -0.05) is 36.0 Å². The first-order chi connectivity index (χ1) is 11.5. The first-order valence-corrected chi connectivity index (χ1v) is 8.28. The van der Waals surface area contributed by atoms with Crippen LogP contribution in [0.2, 0.25) is 5.28 Å². The second-order valence-corrected chi connectivity index (χ2v) is 5.97. The summed E-state index contributed by atoms with van der Waals surface area (Å²) in [5, 5.41) is 0.689. The van der Waals surface area contributed by atoms with Crippen LogP contribution in [0, 0.1) is 0 Å². The van der Waals surface area contributed by atoms with Gasteiger partial charge in [0.2, 0.25) is 5.28 Å². The summed E-state index contributed by atoms with van der Waals surface area (Å²) in [5.74, 6) is -0.530. The van der Waals surface area contributed by atoms with Gasteiger partial charge in [0, 0.05) is 11.8 Å². The van der Waals surface area contributed by atoms with Crippen molar-refractivity contribution in [3.8, 4) is 11.1 Å². The van der Waals surface area contributed by atoms with E-state index >= 15 is 0 Å². The Hall–Kier alpha value is -2.12. The molecule has 0 fully saturated rings. The molecule has 0 bridgehead atoms. The number of esters is 2. The molecule has 2 aromatic rings. The molecule has 0 aliphatic rings. The van der Waals surface area contributed by atoms with Crippen LogP contribution in [0.25, 0.3) is 11.1 Å². The zero-order valence-corrected chi connectivity index (χ0v) is 14.7. The van der Waals surface area contributed by atoms with Gasteiger partial charge < -0.3 is 9.47 Å². The Morgan fingerprint density at radius 1 is 1.12 bits per heavy atom. The Bertz CT molecular complexity index is 737. The molecular weight excluding hydrogens is 352 g/mol. The van der Waals surface area contributed by atoms with Crippen LogP contribution in [0.15, 0.2) is 35.5 Å². The second kappa shape index (κ2) is 8.65. The third kappa shape index (κ3) is 4.94. The van der Waals surface area contributed by atoms with Crippen LogP contribution in [0.3, 0.4) is 0 Å². The van der Waals surface area contributed by atoms with E-state index in [2.05, 4.69) is 19.4 Å². The summed E-state index contributed by atoms with van der Waals surface area (Å²) in [6.07, 6.45) is 1.81. The fourth-order valence-corrected chi connectivity index (χ4v) is 2.91. The minimum atomic E-state index is -0.353. The Labute approximate surface area is 148 Å². The van der Waals surface area contributed by atoms with Crippen molar-refractivity contribution in [2.45, 2.75) is 11.4 Å². The second-order valence-electron chi connectivity index (χ2n) is 4.67. The van der Waals surface area contributed by atoms with Gasteiger partial charge in [0.25, 0.3) is 0 Å². The van der Waals surface area contributed by atoms with Gasteiger partial charge in [-0.2, -0.15) is 0 Å². The summed E-state index contributed by atoms with van der Waals surface area (Å²) >= 11 is 7.07. The molecule has 126 valence electrons. The van der Waals surface area contributed by atoms with Gasteiger partial charge in [-0.15, -0.1) is 0 Å². The van der Waals surface area contributed by atoms with Crippen molar-refractivity contribution in [3.05, 3.63) is 41.3 Å². The number of hydrogen-bond acceptors (Lipinski definition) is 7. The average molecular weight is 367 g/mol. The van der Waals surface area contributed by atoms with Crippen molar-refractivity contribution < 1.29 is 19.1 Å². The lowest BCUT2D eigenvalue weighted by atomic mass is 10.1. The minimum Gasteiger partial charge on any atom is -0.469 e. The zero-order chi connectivity index (χ0) is 17.5. The molecule has 1 aromatic carbocycles. The maximum absolute atomic E-state index is 11.3. The summed E-state index contributed by atoms with van der Waals surface area (Å²) in [7, 11) is 2.68. The molecule has 0 atom stereocenters. The number of halogens is 1. The Balaban J connectivity index is 2.24. The third-order valence-electron chi connectivity index (χ3n) is 3.12. The first-order valence-electron chi connectivity index (χ1n) is 6.91. The molecular formula is C16H15ClN2O4S. The van der Waals surface area contributed by atoms with Crippen molar-refractivity contribution in [2.75, 3.05) is 20.0 Å². The van der Waals surface area contributed by atoms with Crippen LogP contribution in [0.1, 0.15) is 5.56 Å². The standard InChI is InChI=1S/C16H15ClN2O4S/c1-22-13(20)7-10-3-5-11(6-4-10)12-8-18-16(17)19-15(12)24-9-14(21)23-2/h3-6,8H,7,9H2,1-2H3. The van der Waals surface area contributed by atoms with Gasteiger partial charge in [0.15, 0.2) is 0 Å². The summed E-state index contributed by atoms with van der Waals surface area (Å²) in [6.45, 7) is 0. The fourth-order valence-electron chi connectivity index (χ4n) is 1.88. The van der Waals surface area contributed by atoms with Gasteiger partial charge in [0.05, 0.1) is 26.4 Å². The number of ether oxygens (including phenoxy) is 2. The summed E-state index contributed by atoms with van der Waals surface area (Å²) in [6, 6.07) is 7.37. The quantitative estimate of drug-likeness (QED) is 0.336. The van der Waals surface area contributed by atoms with E-state index < -0.39 is 0 Å². The minimum absolute atomic E-state index is 0.105. The highest BCUT2D eigenvalue weighted by molar-refractivity contribution is 8.00. The van der Waals surface area contributed by atoms with E-state index in [-0.39, 0.29) is 29.4 Å². The van der Waals surface area contributed by atoms with Gasteiger partial charge in [-0.05, 0) is 22.7 Å². The summed E-state index contributed by atoms with van der Waals surface area (Å²) < 4.78 is 9.28. The lowest BCUT2D eigenvalue weighted by Crippen LogP contribution is -2.04. The van der Waals surface area contributed by atoms with E-state index in [0.29, 0.717) is 5.03 Å². The average Bonchev–Trinajstić information content (AvgIpc) is 2.60. The van der Waals surface area contributed by atoms with E-state index in [4.69, 9.17) is 11.6 Å². The molecule has 0 saturated carbocycles. The number of hydrogen-bond donors (Lipinski definition) is 0. The zero-order valence-electron chi connectivity index (χ0n) is 13.1. The predicted molar refractivity (Wildman–Crippen MR) is 90.9 cm³/mol. The first kappa shape index (κ1) is 18.2. The molecule has 0 unspecified atom stereocenters. The van der Waals surface area contributed by atoms with E-state index in [1.165, 1.54) is 26.0 Å². The number of aromatic nitrogens is 2. The van der Waals surface area contributed by atoms with Crippen molar-refractivity contribution >= 4 is 35.3 Å². The van der Waals surface area contributed by atoms with Gasteiger partial charge in [0.1, 0.15) is 5.03 Å². The van der Waals surface area contributed by atoms with Crippen molar-refractivity contribution in [2.24, 2.45) is 0 Å². The topological polar surface area (TPSA) is 78.4 Å². The lowest BCUT2D eigenvalue weighted by molar-refractivity contribution is -0.140. The Morgan fingerprint density at radius 2 is 1.79 bits per heavy atom. The number of thioether (sulfide) groups is 1. The maximum Gasteiger partial charge on any atom is 0.316 e. The number of nitrogens with zero attached hydrogens (tertiary/aromatic N) is 2. The monoisotopic (exact) mass is 366 g/mol. The van der Waals surface area contributed by atoms with Gasteiger partial charge in [-0.3, -0.25) is 9.59 Å². The summed E-state index contributed by atoms with van der Waals surface area (Å²) in [5.41, 5.74) is 2.44. The molecule has 24 heavy (non-hydrogen) atoms. The van der Waals surface area contributed by atoms with Crippen LogP contribution < -0.4 is 0 Å². The molecule has 6 nitrogen and oxygen atoms in total. The number of methoxy groups -OCH3 is 2. The third-order valence-corrected chi connectivity index (χ3v) is 4.27. The number of rotatable bonds is 6. The largest absolute Gasteiger partial charge is 0.469 e. The van der Waals surface area contributed by atoms with Crippen molar-refractivity contribution in [1.29, 1.82) is 0 Å². The van der Waals surface area contributed by atoms with Crippen LogP contribution in [0.5, 0.6) is 0 Å². The fraction of sp³-hybridized carbons (Fsp3) is 0.250. The molecule has 8 heteroatoms.